The molecule has 0 aliphatic carbocycles. The standard InChI is InChI=1S/C9H17NO4S2/c1-2-9(11)5-3-4-7-15-16-8-6-14-10(12)13/h2-8H2,1H3. The SMILES string of the molecule is CCC(=O)CCCCSSCCO[N+](=O)[O-]. The lowest BCUT2D eigenvalue weighted by molar-refractivity contribution is -0.756. The number of rotatable bonds is 11. The first-order chi connectivity index (χ1) is 7.66. The Labute approximate surface area is 103 Å². The van der Waals surface area contributed by atoms with Gasteiger partial charge in [0.2, 0.25) is 0 Å². The van der Waals surface area contributed by atoms with Crippen LogP contribution in [0.3, 0.4) is 0 Å². The first-order valence-electron chi connectivity index (χ1n) is 5.20. The second-order valence-electron chi connectivity index (χ2n) is 3.05. The Kier molecular flexibility index (Phi) is 10.8. The fourth-order valence-corrected chi connectivity index (χ4v) is 2.89. The molecule has 0 aromatic heterocycles. The van der Waals surface area contributed by atoms with Crippen LogP contribution < -0.4 is 0 Å². The van der Waals surface area contributed by atoms with Crippen LogP contribution in [0.25, 0.3) is 0 Å². The van der Waals surface area contributed by atoms with E-state index >= 15 is 0 Å². The van der Waals surface area contributed by atoms with Crippen molar-refractivity contribution in [2.75, 3.05) is 18.1 Å². The van der Waals surface area contributed by atoms with Crippen LogP contribution in [0.5, 0.6) is 0 Å². The summed E-state index contributed by atoms with van der Waals surface area (Å²) in [5, 5.41) is 9.02. The molecule has 0 aliphatic heterocycles. The zero-order valence-electron chi connectivity index (χ0n) is 9.35. The van der Waals surface area contributed by atoms with Crippen LogP contribution in [-0.2, 0) is 9.63 Å². The van der Waals surface area contributed by atoms with E-state index in [1.54, 1.807) is 21.6 Å². The normalized spacial score (nSPS) is 10.1. The van der Waals surface area contributed by atoms with Gasteiger partial charge in [-0.2, -0.15) is 0 Å². The molecule has 0 atom stereocenters. The molecule has 0 heterocycles. The average Bonchev–Trinajstić information content (AvgIpc) is 2.26. The summed E-state index contributed by atoms with van der Waals surface area (Å²) in [6, 6.07) is 0. The fraction of sp³-hybridized carbons (Fsp3) is 0.889. The van der Waals surface area contributed by atoms with Crippen molar-refractivity contribution in [3.63, 3.8) is 0 Å². The highest BCUT2D eigenvalue weighted by Crippen LogP contribution is 2.22. The van der Waals surface area contributed by atoms with Crippen molar-refractivity contribution < 1.29 is 14.7 Å². The molecule has 0 radical (unpaired) electrons. The number of ketones is 1. The molecule has 5 nitrogen and oxygen atoms in total. The van der Waals surface area contributed by atoms with Crippen molar-refractivity contribution in [2.24, 2.45) is 0 Å². The van der Waals surface area contributed by atoms with Crippen molar-refractivity contribution >= 4 is 27.4 Å². The summed E-state index contributed by atoms with van der Waals surface area (Å²) in [4.78, 5) is 24.9. The number of hydrogen-bond acceptors (Lipinski definition) is 6. The van der Waals surface area contributed by atoms with Crippen LogP contribution >= 0.6 is 21.6 Å². The second kappa shape index (κ2) is 11.1. The van der Waals surface area contributed by atoms with Crippen molar-refractivity contribution in [3.05, 3.63) is 10.1 Å². The third-order valence-corrected chi connectivity index (χ3v) is 4.23. The van der Waals surface area contributed by atoms with Gasteiger partial charge in [0.05, 0.1) is 0 Å². The second-order valence-corrected chi connectivity index (χ2v) is 5.75. The van der Waals surface area contributed by atoms with E-state index in [-0.39, 0.29) is 6.61 Å². The summed E-state index contributed by atoms with van der Waals surface area (Å²) in [7, 11) is 3.23. The fourth-order valence-electron chi connectivity index (χ4n) is 0.924. The number of hydrogen-bond donors (Lipinski definition) is 0. The Morgan fingerprint density at radius 3 is 2.62 bits per heavy atom. The van der Waals surface area contributed by atoms with E-state index < -0.39 is 5.09 Å². The summed E-state index contributed by atoms with van der Waals surface area (Å²) in [6.45, 7) is 2.02. The third kappa shape index (κ3) is 11.6. The molecule has 0 rings (SSSR count). The van der Waals surface area contributed by atoms with Crippen molar-refractivity contribution in [2.45, 2.75) is 32.6 Å². The third-order valence-electron chi connectivity index (χ3n) is 1.77. The molecule has 0 aliphatic rings. The molecule has 16 heavy (non-hydrogen) atoms. The molecule has 0 unspecified atom stereocenters. The monoisotopic (exact) mass is 267 g/mol. The lowest BCUT2D eigenvalue weighted by Crippen LogP contribution is -2.03. The van der Waals surface area contributed by atoms with Crippen molar-refractivity contribution in [1.82, 2.24) is 0 Å². The van der Waals surface area contributed by atoms with Gasteiger partial charge in [0.15, 0.2) is 0 Å². The van der Waals surface area contributed by atoms with Gasteiger partial charge in [0.1, 0.15) is 12.4 Å². The predicted molar refractivity (Wildman–Crippen MR) is 67.0 cm³/mol. The molecule has 94 valence electrons. The number of nitrogens with zero attached hydrogens (tertiary/aromatic N) is 1. The first kappa shape index (κ1) is 15.6. The number of carbonyl (C=O) groups is 1. The molecule has 0 bridgehead atoms. The molecular weight excluding hydrogens is 250 g/mol. The summed E-state index contributed by atoms with van der Waals surface area (Å²) >= 11 is 0. The van der Waals surface area contributed by atoms with Gasteiger partial charge in [0.25, 0.3) is 5.09 Å². The van der Waals surface area contributed by atoms with E-state index in [2.05, 4.69) is 4.84 Å². The van der Waals surface area contributed by atoms with Gasteiger partial charge in [-0.15, -0.1) is 10.1 Å². The molecule has 0 saturated carbocycles. The maximum Gasteiger partial charge on any atom is 0.294 e. The maximum absolute atomic E-state index is 11.0. The predicted octanol–water partition coefficient (Wildman–Crippen LogP) is 2.73. The van der Waals surface area contributed by atoms with Crippen LogP contribution in [0.15, 0.2) is 0 Å². The Morgan fingerprint density at radius 1 is 1.31 bits per heavy atom. The highest BCUT2D eigenvalue weighted by molar-refractivity contribution is 8.76. The minimum atomic E-state index is -0.776. The van der Waals surface area contributed by atoms with Gasteiger partial charge in [-0.1, -0.05) is 28.5 Å². The molecular formula is C9H17NO4S2. The Bertz CT molecular complexity index is 214. The molecule has 7 heteroatoms. The van der Waals surface area contributed by atoms with E-state index in [9.17, 15) is 14.9 Å². The zero-order chi connectivity index (χ0) is 12.2. The van der Waals surface area contributed by atoms with Crippen LogP contribution in [-0.4, -0.2) is 29.0 Å². The van der Waals surface area contributed by atoms with Crippen LogP contribution in [0, 0.1) is 10.1 Å². The van der Waals surface area contributed by atoms with E-state index in [1.165, 1.54) is 0 Å². The van der Waals surface area contributed by atoms with Gasteiger partial charge < -0.3 is 4.84 Å². The van der Waals surface area contributed by atoms with Crippen molar-refractivity contribution in [1.29, 1.82) is 0 Å². The Hall–Kier alpha value is -0.430. The van der Waals surface area contributed by atoms with Gasteiger partial charge in [0, 0.05) is 24.3 Å². The van der Waals surface area contributed by atoms with Gasteiger partial charge >= 0.3 is 0 Å². The molecule has 0 amide bonds. The highest BCUT2D eigenvalue weighted by Gasteiger charge is 1.98. The Balaban J connectivity index is 3.04. The molecule has 0 fully saturated rings. The smallest absolute Gasteiger partial charge is 0.294 e. The van der Waals surface area contributed by atoms with Gasteiger partial charge in [-0.25, -0.2) is 0 Å². The largest absolute Gasteiger partial charge is 0.313 e. The number of unbranched alkanes of at least 4 members (excludes halogenated alkanes) is 1. The lowest BCUT2D eigenvalue weighted by Gasteiger charge is -2.00. The molecule has 0 aromatic carbocycles. The lowest BCUT2D eigenvalue weighted by atomic mass is 10.1. The quantitative estimate of drug-likeness (QED) is 0.248. The minimum Gasteiger partial charge on any atom is -0.313 e. The van der Waals surface area contributed by atoms with Crippen LogP contribution in [0.2, 0.25) is 0 Å². The van der Waals surface area contributed by atoms with Gasteiger partial charge in [-0.3, -0.25) is 4.79 Å². The van der Waals surface area contributed by atoms with E-state index in [4.69, 9.17) is 0 Å². The molecule has 0 spiro atoms. The van der Waals surface area contributed by atoms with Crippen molar-refractivity contribution in [3.8, 4) is 0 Å². The maximum atomic E-state index is 11.0. The molecule has 0 N–H and O–H groups in total. The van der Waals surface area contributed by atoms with Crippen LogP contribution in [0.1, 0.15) is 32.6 Å². The van der Waals surface area contributed by atoms with E-state index in [0.717, 1.165) is 18.6 Å². The number of carbonyl (C=O) groups excluding carboxylic acids is 1. The zero-order valence-corrected chi connectivity index (χ0v) is 11.0. The summed E-state index contributed by atoms with van der Waals surface area (Å²) in [5.41, 5.74) is 0. The topological polar surface area (TPSA) is 69.4 Å². The number of Topliss-reactive ketones (excluding diaryl/α,β-unsaturated/α-hetero) is 1. The summed E-state index contributed by atoms with van der Waals surface area (Å²) in [5.74, 6) is 1.90. The van der Waals surface area contributed by atoms with E-state index in [1.807, 2.05) is 6.92 Å². The first-order valence-corrected chi connectivity index (χ1v) is 7.69. The molecule has 0 saturated heterocycles. The van der Waals surface area contributed by atoms with E-state index in [0.29, 0.717) is 24.4 Å². The summed E-state index contributed by atoms with van der Waals surface area (Å²) < 4.78 is 0. The van der Waals surface area contributed by atoms with Gasteiger partial charge in [-0.05, 0) is 12.8 Å². The minimum absolute atomic E-state index is 0.138. The van der Waals surface area contributed by atoms with Crippen LogP contribution in [0.4, 0.5) is 0 Å². The summed E-state index contributed by atoms with van der Waals surface area (Å²) in [6.07, 6.45) is 3.25. The Morgan fingerprint density at radius 2 is 2.00 bits per heavy atom. The highest BCUT2D eigenvalue weighted by atomic mass is 33.1. The average molecular weight is 267 g/mol. The molecule has 0 aromatic rings.